The Labute approximate surface area is 115 Å². The molecule has 7 heteroatoms. The van der Waals surface area contributed by atoms with Crippen molar-refractivity contribution in [3.05, 3.63) is 42.0 Å². The molecule has 0 amide bonds. The number of hydrogen-bond acceptors (Lipinski definition) is 4. The lowest BCUT2D eigenvalue weighted by atomic mass is 10.1. The number of benzene rings is 1. The molecule has 0 bridgehead atoms. The van der Waals surface area contributed by atoms with Gasteiger partial charge in [0.2, 0.25) is 0 Å². The molecule has 1 aromatic carbocycles. The maximum atomic E-state index is 13.8. The smallest absolute Gasteiger partial charge is 0.176 e. The number of ether oxygens (including phenoxy) is 1. The maximum absolute atomic E-state index is 13.8. The van der Waals surface area contributed by atoms with Crippen LogP contribution < -0.4 is 10.5 Å². The second-order valence-corrected chi connectivity index (χ2v) is 4.45. The minimum absolute atomic E-state index is 0.0905. The monoisotopic (exact) mass is 278 g/mol. The van der Waals surface area contributed by atoms with Crippen molar-refractivity contribution in [2.45, 2.75) is 19.9 Å². The number of halogens is 1. The average molecular weight is 278 g/mol. The number of nitrogens with zero attached hydrogens (tertiary/aromatic N) is 3. The Bertz CT molecular complexity index is 637. The van der Waals surface area contributed by atoms with E-state index in [1.807, 2.05) is 13.8 Å². The Balaban J connectivity index is 2.35. The van der Waals surface area contributed by atoms with Crippen molar-refractivity contribution in [3.8, 4) is 11.5 Å². The van der Waals surface area contributed by atoms with E-state index in [1.165, 1.54) is 24.4 Å². The second-order valence-electron chi connectivity index (χ2n) is 4.45. The average Bonchev–Trinajstić information content (AvgIpc) is 2.87. The molecule has 106 valence electrons. The topological polar surface area (TPSA) is 85.7 Å². The van der Waals surface area contributed by atoms with Gasteiger partial charge in [0, 0.05) is 6.04 Å². The van der Waals surface area contributed by atoms with Crippen LogP contribution in [0.2, 0.25) is 0 Å². The summed E-state index contributed by atoms with van der Waals surface area (Å²) in [5.74, 6) is -0.386. The summed E-state index contributed by atoms with van der Waals surface area (Å²) in [5.41, 5.74) is 5.37. The maximum Gasteiger partial charge on any atom is 0.176 e. The first-order chi connectivity index (χ1) is 9.52. The van der Waals surface area contributed by atoms with Gasteiger partial charge in [-0.15, -0.1) is 0 Å². The molecule has 0 saturated carbocycles. The van der Waals surface area contributed by atoms with Gasteiger partial charge in [-0.3, -0.25) is 4.68 Å². The van der Waals surface area contributed by atoms with Gasteiger partial charge in [0.1, 0.15) is 11.6 Å². The zero-order valence-electron chi connectivity index (χ0n) is 11.1. The van der Waals surface area contributed by atoms with Crippen LogP contribution >= 0.6 is 0 Å². The van der Waals surface area contributed by atoms with Crippen molar-refractivity contribution in [3.63, 3.8) is 0 Å². The highest BCUT2D eigenvalue weighted by atomic mass is 19.1. The van der Waals surface area contributed by atoms with E-state index in [-0.39, 0.29) is 23.2 Å². The molecule has 0 unspecified atom stereocenters. The van der Waals surface area contributed by atoms with E-state index in [9.17, 15) is 4.39 Å². The molecule has 6 nitrogen and oxygen atoms in total. The van der Waals surface area contributed by atoms with Crippen LogP contribution in [0.15, 0.2) is 35.7 Å². The lowest BCUT2D eigenvalue weighted by molar-refractivity contribution is 0.318. The summed E-state index contributed by atoms with van der Waals surface area (Å²) in [4.78, 5) is 0. The van der Waals surface area contributed by atoms with Gasteiger partial charge in [-0.25, -0.2) is 4.39 Å². The van der Waals surface area contributed by atoms with E-state index < -0.39 is 5.82 Å². The Kier molecular flexibility index (Phi) is 3.88. The quantitative estimate of drug-likeness (QED) is 0.389. The molecule has 2 aromatic rings. The first kappa shape index (κ1) is 13.9. The molecule has 0 saturated heterocycles. The molecule has 0 spiro atoms. The Morgan fingerprint density at radius 2 is 2.25 bits per heavy atom. The van der Waals surface area contributed by atoms with E-state index in [1.54, 1.807) is 10.9 Å². The van der Waals surface area contributed by atoms with Crippen molar-refractivity contribution in [1.82, 2.24) is 9.78 Å². The SMILES string of the molecule is CC(C)n1cc(Oc2cccc(F)c2/C(N)=N/O)cn1. The standard InChI is InChI=1S/C13H15FN4O2/c1-8(2)18-7-9(6-16-18)20-11-5-3-4-10(14)12(11)13(15)17-19/h3-8,19H,1-2H3,(H2,15,17). The highest BCUT2D eigenvalue weighted by Gasteiger charge is 2.15. The Morgan fingerprint density at radius 3 is 2.85 bits per heavy atom. The van der Waals surface area contributed by atoms with Crippen molar-refractivity contribution in [2.24, 2.45) is 10.9 Å². The summed E-state index contributed by atoms with van der Waals surface area (Å²) in [6.07, 6.45) is 3.20. The van der Waals surface area contributed by atoms with Crippen molar-refractivity contribution >= 4 is 5.84 Å². The summed E-state index contributed by atoms with van der Waals surface area (Å²) in [7, 11) is 0. The van der Waals surface area contributed by atoms with Gasteiger partial charge in [0.15, 0.2) is 11.6 Å². The minimum atomic E-state index is -0.631. The van der Waals surface area contributed by atoms with Gasteiger partial charge in [-0.05, 0) is 26.0 Å². The Hall–Kier alpha value is -2.57. The van der Waals surface area contributed by atoms with Crippen LogP contribution in [-0.2, 0) is 0 Å². The molecular weight excluding hydrogens is 263 g/mol. The molecule has 0 atom stereocenters. The fraction of sp³-hybridized carbons (Fsp3) is 0.231. The predicted molar refractivity (Wildman–Crippen MR) is 71.6 cm³/mol. The highest BCUT2D eigenvalue weighted by Crippen LogP contribution is 2.27. The lowest BCUT2D eigenvalue weighted by Gasteiger charge is -2.09. The third kappa shape index (κ3) is 2.71. The predicted octanol–water partition coefficient (Wildman–Crippen LogP) is 2.49. The zero-order valence-corrected chi connectivity index (χ0v) is 11.1. The fourth-order valence-corrected chi connectivity index (χ4v) is 1.67. The van der Waals surface area contributed by atoms with E-state index in [0.717, 1.165) is 0 Å². The van der Waals surface area contributed by atoms with Crippen LogP contribution in [0.5, 0.6) is 11.5 Å². The summed E-state index contributed by atoms with van der Waals surface area (Å²) < 4.78 is 21.0. The fourth-order valence-electron chi connectivity index (χ4n) is 1.67. The molecule has 0 aliphatic rings. The number of amidine groups is 1. The lowest BCUT2D eigenvalue weighted by Crippen LogP contribution is -2.16. The first-order valence-corrected chi connectivity index (χ1v) is 6.01. The number of oxime groups is 1. The van der Waals surface area contributed by atoms with Crippen LogP contribution in [-0.4, -0.2) is 20.8 Å². The Morgan fingerprint density at radius 1 is 1.50 bits per heavy atom. The van der Waals surface area contributed by atoms with Crippen molar-refractivity contribution in [1.29, 1.82) is 0 Å². The molecule has 0 fully saturated rings. The molecule has 3 N–H and O–H groups in total. The molecule has 1 heterocycles. The van der Waals surface area contributed by atoms with E-state index in [2.05, 4.69) is 10.3 Å². The van der Waals surface area contributed by atoms with Crippen LogP contribution in [0, 0.1) is 5.82 Å². The molecule has 0 radical (unpaired) electrons. The summed E-state index contributed by atoms with van der Waals surface area (Å²) >= 11 is 0. The zero-order chi connectivity index (χ0) is 14.7. The van der Waals surface area contributed by atoms with Gasteiger partial charge >= 0.3 is 0 Å². The van der Waals surface area contributed by atoms with E-state index >= 15 is 0 Å². The van der Waals surface area contributed by atoms with E-state index in [4.69, 9.17) is 15.7 Å². The van der Waals surface area contributed by atoms with Crippen molar-refractivity contribution in [2.75, 3.05) is 0 Å². The summed E-state index contributed by atoms with van der Waals surface area (Å²) in [6, 6.07) is 4.40. The summed E-state index contributed by atoms with van der Waals surface area (Å²) in [5, 5.41) is 15.6. The number of hydrogen-bond donors (Lipinski definition) is 2. The molecule has 1 aromatic heterocycles. The van der Waals surface area contributed by atoms with Gasteiger partial charge in [0.25, 0.3) is 0 Å². The van der Waals surface area contributed by atoms with Crippen LogP contribution in [0.1, 0.15) is 25.5 Å². The third-order valence-corrected chi connectivity index (χ3v) is 2.67. The van der Waals surface area contributed by atoms with Crippen LogP contribution in [0.3, 0.4) is 0 Å². The van der Waals surface area contributed by atoms with Gasteiger partial charge in [-0.1, -0.05) is 11.2 Å². The van der Waals surface area contributed by atoms with Gasteiger partial charge < -0.3 is 15.7 Å². The molecule has 0 aliphatic heterocycles. The first-order valence-electron chi connectivity index (χ1n) is 6.01. The number of nitrogens with two attached hydrogens (primary N) is 1. The largest absolute Gasteiger partial charge is 0.453 e. The summed E-state index contributed by atoms with van der Waals surface area (Å²) in [6.45, 7) is 3.95. The molecule has 2 rings (SSSR count). The third-order valence-electron chi connectivity index (χ3n) is 2.67. The number of aromatic nitrogens is 2. The van der Waals surface area contributed by atoms with Crippen LogP contribution in [0.4, 0.5) is 4.39 Å². The highest BCUT2D eigenvalue weighted by molar-refractivity contribution is 5.99. The van der Waals surface area contributed by atoms with Gasteiger partial charge in [0.05, 0.1) is 18.0 Å². The van der Waals surface area contributed by atoms with E-state index in [0.29, 0.717) is 5.75 Å². The molecular formula is C13H15FN4O2. The normalized spacial score (nSPS) is 11.9. The second kappa shape index (κ2) is 5.60. The van der Waals surface area contributed by atoms with Gasteiger partial charge in [-0.2, -0.15) is 5.10 Å². The number of rotatable bonds is 4. The minimum Gasteiger partial charge on any atom is -0.453 e. The van der Waals surface area contributed by atoms with Crippen molar-refractivity contribution < 1.29 is 14.3 Å². The molecule has 0 aliphatic carbocycles. The van der Waals surface area contributed by atoms with Crippen LogP contribution in [0.25, 0.3) is 0 Å². The molecule has 20 heavy (non-hydrogen) atoms.